The van der Waals surface area contributed by atoms with E-state index in [1.807, 2.05) is 6.26 Å². The summed E-state index contributed by atoms with van der Waals surface area (Å²) in [5.74, 6) is 0.150. The molecule has 0 atom stereocenters. The number of thioether (sulfide) groups is 1. The van der Waals surface area contributed by atoms with Crippen LogP contribution in [-0.2, 0) is 0 Å². The number of benzene rings is 1. The standard InChI is InChI=1S/C17H24N2O3S/c1-23-14-9-10-16(19(21)22)15(11-14)17(20)18-12-13-7-5-3-2-4-6-8-13/h9-11,13H,2-8,12H2,1H3,(H,18,20). The van der Waals surface area contributed by atoms with E-state index in [1.165, 1.54) is 49.9 Å². The van der Waals surface area contributed by atoms with E-state index in [0.717, 1.165) is 17.7 Å². The van der Waals surface area contributed by atoms with E-state index in [1.54, 1.807) is 12.1 Å². The molecule has 126 valence electrons. The molecule has 1 N–H and O–H groups in total. The Morgan fingerprint density at radius 1 is 1.26 bits per heavy atom. The van der Waals surface area contributed by atoms with Crippen molar-refractivity contribution in [1.29, 1.82) is 0 Å². The van der Waals surface area contributed by atoms with Crippen LogP contribution in [0.4, 0.5) is 5.69 Å². The van der Waals surface area contributed by atoms with Crippen LogP contribution in [0.5, 0.6) is 0 Å². The molecule has 1 aromatic rings. The van der Waals surface area contributed by atoms with Gasteiger partial charge in [-0.05, 0) is 37.1 Å². The molecule has 1 amide bonds. The van der Waals surface area contributed by atoms with Gasteiger partial charge < -0.3 is 5.32 Å². The molecule has 2 rings (SSSR count). The van der Waals surface area contributed by atoms with Gasteiger partial charge in [0.2, 0.25) is 0 Å². The van der Waals surface area contributed by atoms with Gasteiger partial charge in [0.1, 0.15) is 5.56 Å². The molecule has 0 heterocycles. The lowest BCUT2D eigenvalue weighted by atomic mass is 9.91. The number of hydrogen-bond acceptors (Lipinski definition) is 4. The molecule has 1 saturated carbocycles. The molecule has 0 unspecified atom stereocenters. The van der Waals surface area contributed by atoms with Gasteiger partial charge in [-0.2, -0.15) is 0 Å². The summed E-state index contributed by atoms with van der Waals surface area (Å²) in [6, 6.07) is 4.70. The lowest BCUT2D eigenvalue weighted by Gasteiger charge is -2.20. The van der Waals surface area contributed by atoms with Crippen molar-refractivity contribution in [3.05, 3.63) is 33.9 Å². The molecule has 0 saturated heterocycles. The van der Waals surface area contributed by atoms with E-state index < -0.39 is 4.92 Å². The third-order valence-electron chi connectivity index (χ3n) is 4.42. The van der Waals surface area contributed by atoms with Crippen molar-refractivity contribution in [2.75, 3.05) is 12.8 Å². The van der Waals surface area contributed by atoms with Gasteiger partial charge in [0.25, 0.3) is 11.6 Å². The van der Waals surface area contributed by atoms with E-state index in [0.29, 0.717) is 12.5 Å². The third-order valence-corrected chi connectivity index (χ3v) is 5.15. The lowest BCUT2D eigenvalue weighted by molar-refractivity contribution is -0.385. The number of nitrogens with one attached hydrogen (secondary N) is 1. The number of nitro benzene ring substituents is 1. The van der Waals surface area contributed by atoms with E-state index >= 15 is 0 Å². The van der Waals surface area contributed by atoms with E-state index in [-0.39, 0.29) is 17.2 Å². The van der Waals surface area contributed by atoms with Crippen LogP contribution in [0.25, 0.3) is 0 Å². The average Bonchev–Trinajstić information content (AvgIpc) is 2.52. The van der Waals surface area contributed by atoms with E-state index in [4.69, 9.17) is 0 Å². The number of carbonyl (C=O) groups is 1. The lowest BCUT2D eigenvalue weighted by Crippen LogP contribution is -2.30. The number of hydrogen-bond donors (Lipinski definition) is 1. The van der Waals surface area contributed by atoms with Crippen LogP contribution in [0.15, 0.2) is 23.1 Å². The maximum absolute atomic E-state index is 12.4. The molecular formula is C17H24N2O3S. The third kappa shape index (κ3) is 5.23. The molecule has 0 bridgehead atoms. The average molecular weight is 336 g/mol. The van der Waals surface area contributed by atoms with Gasteiger partial charge in [-0.3, -0.25) is 14.9 Å². The molecule has 0 spiro atoms. The van der Waals surface area contributed by atoms with Crippen molar-refractivity contribution in [1.82, 2.24) is 5.32 Å². The second-order valence-corrected chi connectivity index (χ2v) is 6.94. The highest BCUT2D eigenvalue weighted by molar-refractivity contribution is 7.98. The first-order valence-corrected chi connectivity index (χ1v) is 9.45. The molecule has 1 aliphatic carbocycles. The molecular weight excluding hydrogens is 312 g/mol. The van der Waals surface area contributed by atoms with E-state index in [2.05, 4.69) is 5.32 Å². The SMILES string of the molecule is CSc1ccc([N+](=O)[O-])c(C(=O)NCC2CCCCCCC2)c1. The highest BCUT2D eigenvalue weighted by Crippen LogP contribution is 2.25. The minimum Gasteiger partial charge on any atom is -0.352 e. The topological polar surface area (TPSA) is 72.2 Å². The quantitative estimate of drug-likeness (QED) is 0.491. The molecule has 1 aromatic carbocycles. The monoisotopic (exact) mass is 336 g/mol. The Hall–Kier alpha value is -1.56. The maximum atomic E-state index is 12.4. The van der Waals surface area contributed by atoms with Gasteiger partial charge in [-0.1, -0.05) is 32.1 Å². The smallest absolute Gasteiger partial charge is 0.282 e. The van der Waals surface area contributed by atoms with Crippen molar-refractivity contribution >= 4 is 23.4 Å². The van der Waals surface area contributed by atoms with Gasteiger partial charge >= 0.3 is 0 Å². The summed E-state index contributed by atoms with van der Waals surface area (Å²) in [6.07, 6.45) is 10.4. The predicted octanol–water partition coefficient (Wildman–Crippen LogP) is 4.41. The zero-order valence-electron chi connectivity index (χ0n) is 13.5. The minimum absolute atomic E-state index is 0.127. The number of rotatable bonds is 5. The fourth-order valence-corrected chi connectivity index (χ4v) is 3.50. The molecule has 0 radical (unpaired) electrons. The van der Waals surface area contributed by atoms with Crippen molar-refractivity contribution < 1.29 is 9.72 Å². The van der Waals surface area contributed by atoms with Crippen LogP contribution in [0, 0.1) is 16.0 Å². The van der Waals surface area contributed by atoms with Gasteiger partial charge in [0.05, 0.1) is 4.92 Å². The Morgan fingerprint density at radius 2 is 1.91 bits per heavy atom. The van der Waals surface area contributed by atoms with Crippen LogP contribution < -0.4 is 5.32 Å². The number of carbonyl (C=O) groups excluding carboxylic acids is 1. The first-order valence-electron chi connectivity index (χ1n) is 8.22. The maximum Gasteiger partial charge on any atom is 0.282 e. The van der Waals surface area contributed by atoms with Crippen molar-refractivity contribution in [2.45, 2.75) is 49.8 Å². The van der Waals surface area contributed by atoms with Gasteiger partial charge in [0, 0.05) is 17.5 Å². The van der Waals surface area contributed by atoms with Crippen LogP contribution in [0.3, 0.4) is 0 Å². The van der Waals surface area contributed by atoms with Crippen LogP contribution in [0.1, 0.15) is 55.3 Å². The summed E-state index contributed by atoms with van der Waals surface area (Å²) < 4.78 is 0. The highest BCUT2D eigenvalue weighted by atomic mass is 32.2. The Bertz CT molecular complexity index is 555. The van der Waals surface area contributed by atoms with Gasteiger partial charge in [-0.15, -0.1) is 11.8 Å². The van der Waals surface area contributed by atoms with Crippen LogP contribution in [0.2, 0.25) is 0 Å². The predicted molar refractivity (Wildman–Crippen MR) is 93.0 cm³/mol. The molecule has 5 nitrogen and oxygen atoms in total. The number of nitro groups is 1. The van der Waals surface area contributed by atoms with E-state index in [9.17, 15) is 14.9 Å². The number of nitrogens with zero attached hydrogens (tertiary/aromatic N) is 1. The second-order valence-electron chi connectivity index (χ2n) is 6.06. The number of amides is 1. The Morgan fingerprint density at radius 3 is 2.52 bits per heavy atom. The minimum atomic E-state index is -0.491. The molecule has 23 heavy (non-hydrogen) atoms. The fraction of sp³-hybridized carbons (Fsp3) is 0.588. The highest BCUT2D eigenvalue weighted by Gasteiger charge is 2.21. The summed E-state index contributed by atoms with van der Waals surface area (Å²) in [5.41, 5.74) is 0.0330. The Balaban J connectivity index is 2.02. The first-order chi connectivity index (χ1) is 11.1. The summed E-state index contributed by atoms with van der Waals surface area (Å²) in [5, 5.41) is 14.0. The first kappa shape index (κ1) is 17.8. The van der Waals surface area contributed by atoms with Gasteiger partial charge in [-0.25, -0.2) is 0 Å². The Kier molecular flexibility index (Phi) is 6.89. The molecule has 1 aliphatic rings. The summed E-state index contributed by atoms with van der Waals surface area (Å²) in [6.45, 7) is 0.611. The molecule has 6 heteroatoms. The Labute approximate surface area is 141 Å². The zero-order valence-corrected chi connectivity index (χ0v) is 14.4. The largest absolute Gasteiger partial charge is 0.352 e. The summed E-state index contributed by atoms with van der Waals surface area (Å²) >= 11 is 1.47. The van der Waals surface area contributed by atoms with Crippen LogP contribution in [-0.4, -0.2) is 23.6 Å². The fourth-order valence-electron chi connectivity index (χ4n) is 3.06. The molecule has 1 fully saturated rings. The van der Waals surface area contributed by atoms with Crippen LogP contribution >= 0.6 is 11.8 Å². The van der Waals surface area contributed by atoms with Gasteiger partial charge in [0.15, 0.2) is 0 Å². The summed E-state index contributed by atoms with van der Waals surface area (Å²) in [7, 11) is 0. The van der Waals surface area contributed by atoms with Crippen molar-refractivity contribution in [2.24, 2.45) is 5.92 Å². The molecule has 0 aliphatic heterocycles. The zero-order chi connectivity index (χ0) is 16.7. The molecule has 0 aromatic heterocycles. The normalized spacial score (nSPS) is 16.4. The van der Waals surface area contributed by atoms with Crippen molar-refractivity contribution in [3.63, 3.8) is 0 Å². The van der Waals surface area contributed by atoms with Crippen molar-refractivity contribution in [3.8, 4) is 0 Å². The summed E-state index contributed by atoms with van der Waals surface area (Å²) in [4.78, 5) is 23.9. The second kappa shape index (κ2) is 8.91.